The third kappa shape index (κ3) is 1.62. The highest BCUT2D eigenvalue weighted by Crippen LogP contribution is 2.24. The van der Waals surface area contributed by atoms with E-state index in [0.29, 0.717) is 24.7 Å². The smallest absolute Gasteiger partial charge is 0.244 e. The van der Waals surface area contributed by atoms with E-state index in [1.165, 1.54) is 0 Å². The summed E-state index contributed by atoms with van der Waals surface area (Å²) < 4.78 is 10.1. The summed E-state index contributed by atoms with van der Waals surface area (Å²) in [5.41, 5.74) is 0.786. The second kappa shape index (κ2) is 3.73. The van der Waals surface area contributed by atoms with Gasteiger partial charge in [0.2, 0.25) is 11.7 Å². The first-order valence-corrected chi connectivity index (χ1v) is 5.10. The minimum atomic E-state index is -0.339. The third-order valence-corrected chi connectivity index (χ3v) is 2.63. The molecule has 6 heteroatoms. The lowest BCUT2D eigenvalue weighted by Gasteiger charge is -2.01. The fraction of sp³-hybridized carbons (Fsp3) is 0.400. The zero-order valence-corrected chi connectivity index (χ0v) is 8.46. The van der Waals surface area contributed by atoms with E-state index in [1.54, 1.807) is 18.6 Å². The maximum Gasteiger partial charge on any atom is 0.244 e. The number of hydrogen-bond acceptors (Lipinski definition) is 6. The van der Waals surface area contributed by atoms with Crippen LogP contribution in [0, 0.1) is 0 Å². The normalized spacial score (nSPS) is 25.1. The molecule has 16 heavy (non-hydrogen) atoms. The van der Waals surface area contributed by atoms with Crippen LogP contribution in [-0.2, 0) is 0 Å². The molecule has 0 amide bonds. The van der Waals surface area contributed by atoms with Gasteiger partial charge in [0.25, 0.3) is 0 Å². The zero-order chi connectivity index (χ0) is 11.0. The first kappa shape index (κ1) is 9.56. The van der Waals surface area contributed by atoms with Crippen molar-refractivity contribution in [1.82, 2.24) is 15.5 Å². The SMILES string of the molecule is O[C@@H]1CN[C@@H](c2nc(-c3ccoc3)no2)C1. The average Bonchev–Trinajstić information content (AvgIpc) is 2.97. The van der Waals surface area contributed by atoms with Crippen LogP contribution in [0.3, 0.4) is 0 Å². The molecule has 0 spiro atoms. The Kier molecular flexibility index (Phi) is 2.23. The number of nitrogens with one attached hydrogen (secondary N) is 1. The van der Waals surface area contributed by atoms with Crippen LogP contribution in [0.2, 0.25) is 0 Å². The van der Waals surface area contributed by atoms with Gasteiger partial charge in [0, 0.05) is 6.54 Å². The van der Waals surface area contributed by atoms with E-state index in [-0.39, 0.29) is 12.1 Å². The van der Waals surface area contributed by atoms with Crippen molar-refractivity contribution in [2.75, 3.05) is 6.54 Å². The van der Waals surface area contributed by atoms with E-state index in [0.717, 1.165) is 5.56 Å². The Bertz CT molecular complexity index is 465. The Morgan fingerprint density at radius 2 is 2.44 bits per heavy atom. The minimum Gasteiger partial charge on any atom is -0.472 e. The molecule has 0 radical (unpaired) electrons. The highest BCUT2D eigenvalue weighted by Gasteiger charge is 2.28. The van der Waals surface area contributed by atoms with E-state index in [1.807, 2.05) is 0 Å². The van der Waals surface area contributed by atoms with Gasteiger partial charge in [-0.3, -0.25) is 0 Å². The maximum atomic E-state index is 9.38. The molecule has 3 heterocycles. The van der Waals surface area contributed by atoms with Crippen molar-refractivity contribution >= 4 is 0 Å². The highest BCUT2D eigenvalue weighted by molar-refractivity contribution is 5.51. The number of aliphatic hydroxyl groups is 1. The van der Waals surface area contributed by atoms with Gasteiger partial charge in [0.15, 0.2) is 0 Å². The molecule has 0 saturated carbocycles. The van der Waals surface area contributed by atoms with Crippen LogP contribution in [0.4, 0.5) is 0 Å². The van der Waals surface area contributed by atoms with Crippen molar-refractivity contribution in [2.45, 2.75) is 18.6 Å². The fourth-order valence-electron chi connectivity index (χ4n) is 1.79. The quantitative estimate of drug-likeness (QED) is 0.777. The van der Waals surface area contributed by atoms with Gasteiger partial charge in [-0.2, -0.15) is 4.98 Å². The van der Waals surface area contributed by atoms with Crippen molar-refractivity contribution in [1.29, 1.82) is 0 Å². The molecule has 1 aliphatic heterocycles. The molecule has 6 nitrogen and oxygen atoms in total. The van der Waals surface area contributed by atoms with Gasteiger partial charge in [-0.05, 0) is 12.5 Å². The van der Waals surface area contributed by atoms with Crippen LogP contribution in [0.1, 0.15) is 18.4 Å². The molecule has 0 bridgehead atoms. The van der Waals surface area contributed by atoms with E-state index in [2.05, 4.69) is 15.5 Å². The van der Waals surface area contributed by atoms with Gasteiger partial charge in [0.05, 0.1) is 24.0 Å². The number of hydrogen-bond donors (Lipinski definition) is 2. The predicted octanol–water partition coefficient (Wildman–Crippen LogP) is 0.725. The number of nitrogens with zero attached hydrogens (tertiary/aromatic N) is 2. The van der Waals surface area contributed by atoms with Crippen molar-refractivity contribution in [3.63, 3.8) is 0 Å². The van der Waals surface area contributed by atoms with Crippen LogP contribution < -0.4 is 5.32 Å². The van der Waals surface area contributed by atoms with Crippen molar-refractivity contribution in [3.05, 3.63) is 24.5 Å². The molecule has 2 aromatic rings. The van der Waals surface area contributed by atoms with Crippen LogP contribution in [0.5, 0.6) is 0 Å². The molecule has 2 aromatic heterocycles. The molecule has 2 atom stereocenters. The number of furan rings is 1. The molecule has 1 saturated heterocycles. The lowest BCUT2D eigenvalue weighted by atomic mass is 10.2. The van der Waals surface area contributed by atoms with Crippen LogP contribution in [-0.4, -0.2) is 27.9 Å². The molecule has 1 fully saturated rings. The van der Waals surface area contributed by atoms with Gasteiger partial charge in [-0.1, -0.05) is 5.16 Å². The summed E-state index contributed by atoms with van der Waals surface area (Å²) in [7, 11) is 0. The Hall–Kier alpha value is -1.66. The predicted molar refractivity (Wildman–Crippen MR) is 53.4 cm³/mol. The first-order valence-electron chi connectivity index (χ1n) is 5.10. The summed E-state index contributed by atoms with van der Waals surface area (Å²) in [5.74, 6) is 1.01. The molecule has 2 N–H and O–H groups in total. The Morgan fingerprint density at radius 3 is 3.12 bits per heavy atom. The molecular formula is C10H11N3O3. The molecule has 84 valence electrons. The molecule has 0 aliphatic carbocycles. The van der Waals surface area contributed by atoms with Crippen LogP contribution in [0.15, 0.2) is 27.5 Å². The maximum absolute atomic E-state index is 9.38. The standard InChI is InChI=1S/C10H11N3O3/c14-7-3-8(11-4-7)10-12-9(13-16-10)6-1-2-15-5-6/h1-2,5,7-8,11,14H,3-4H2/t7-,8+/m0/s1. The summed E-state index contributed by atoms with van der Waals surface area (Å²) in [6, 6.07) is 1.72. The first-order chi connectivity index (χ1) is 7.83. The molecular weight excluding hydrogens is 210 g/mol. The lowest BCUT2D eigenvalue weighted by molar-refractivity contribution is 0.191. The molecule has 3 rings (SSSR count). The second-order valence-corrected chi connectivity index (χ2v) is 3.82. The zero-order valence-electron chi connectivity index (χ0n) is 8.46. The van der Waals surface area contributed by atoms with Crippen molar-refractivity contribution in [2.24, 2.45) is 0 Å². The van der Waals surface area contributed by atoms with Gasteiger partial charge < -0.3 is 19.4 Å². The Balaban J connectivity index is 1.83. The molecule has 0 aromatic carbocycles. The Morgan fingerprint density at radius 1 is 1.50 bits per heavy atom. The summed E-state index contributed by atoms with van der Waals surface area (Å²) in [4.78, 5) is 4.26. The van der Waals surface area contributed by atoms with Crippen LogP contribution >= 0.6 is 0 Å². The number of aliphatic hydroxyl groups excluding tert-OH is 1. The summed E-state index contributed by atoms with van der Waals surface area (Å²) in [6.07, 6.45) is 3.39. The average molecular weight is 221 g/mol. The number of β-amino-alcohol motifs (C(OH)–C–C–N with tert-alkyl or cyclic N) is 1. The van der Waals surface area contributed by atoms with E-state index in [4.69, 9.17) is 8.94 Å². The van der Waals surface area contributed by atoms with Crippen LogP contribution in [0.25, 0.3) is 11.4 Å². The molecule has 1 aliphatic rings. The summed E-state index contributed by atoms with van der Waals surface area (Å²) in [6.45, 7) is 0.564. The van der Waals surface area contributed by atoms with E-state index in [9.17, 15) is 5.11 Å². The molecule has 0 unspecified atom stereocenters. The third-order valence-electron chi connectivity index (χ3n) is 2.63. The van der Waals surface area contributed by atoms with E-state index >= 15 is 0 Å². The van der Waals surface area contributed by atoms with Gasteiger partial charge >= 0.3 is 0 Å². The van der Waals surface area contributed by atoms with Crippen molar-refractivity contribution in [3.8, 4) is 11.4 Å². The fourth-order valence-corrected chi connectivity index (χ4v) is 1.79. The van der Waals surface area contributed by atoms with Crippen molar-refractivity contribution < 1.29 is 14.0 Å². The second-order valence-electron chi connectivity index (χ2n) is 3.82. The number of aromatic nitrogens is 2. The topological polar surface area (TPSA) is 84.3 Å². The highest BCUT2D eigenvalue weighted by atomic mass is 16.5. The largest absolute Gasteiger partial charge is 0.472 e. The number of rotatable bonds is 2. The van der Waals surface area contributed by atoms with Gasteiger partial charge in [-0.15, -0.1) is 0 Å². The monoisotopic (exact) mass is 221 g/mol. The lowest BCUT2D eigenvalue weighted by Crippen LogP contribution is -2.15. The Labute approximate surface area is 91.3 Å². The van der Waals surface area contributed by atoms with Gasteiger partial charge in [0.1, 0.15) is 6.26 Å². The summed E-state index contributed by atoms with van der Waals surface area (Å²) >= 11 is 0. The van der Waals surface area contributed by atoms with E-state index < -0.39 is 0 Å². The summed E-state index contributed by atoms with van der Waals surface area (Å²) in [5, 5.41) is 16.4. The minimum absolute atomic E-state index is 0.0526. The van der Waals surface area contributed by atoms with Gasteiger partial charge in [-0.25, -0.2) is 0 Å².